The zero-order valence-corrected chi connectivity index (χ0v) is 20.5. The highest BCUT2D eigenvalue weighted by molar-refractivity contribution is 5.94. The van der Waals surface area contributed by atoms with Crippen LogP contribution in [0.1, 0.15) is 29.6 Å². The number of amides is 2. The standard InChI is InChI=1S/C29H31N3O5/c33-24-17-32(29(35)22-7-4-14-30-16-22)26-13-12-25(37-27(26)19-36-18-24)15-28(34)31-23-10-8-21(9-11-23)20-5-2-1-3-6-20/h1-11,14,16,24-27,33H,12-13,15,17-19H2,(H,31,34)/t24-,25-,26-,27+/m1/s1. The van der Waals surface area contributed by atoms with E-state index in [4.69, 9.17) is 9.47 Å². The summed E-state index contributed by atoms with van der Waals surface area (Å²) in [5.41, 5.74) is 3.40. The quantitative estimate of drug-likeness (QED) is 0.555. The number of nitrogens with zero attached hydrogens (tertiary/aromatic N) is 2. The summed E-state index contributed by atoms with van der Waals surface area (Å²) in [6.45, 7) is 0.521. The summed E-state index contributed by atoms with van der Waals surface area (Å²) in [6, 6.07) is 21.0. The Balaban J connectivity index is 1.20. The lowest BCUT2D eigenvalue weighted by Crippen LogP contribution is -2.57. The predicted octanol–water partition coefficient (Wildman–Crippen LogP) is 3.53. The lowest BCUT2D eigenvalue weighted by molar-refractivity contribution is -0.149. The third kappa shape index (κ3) is 6.22. The van der Waals surface area contributed by atoms with E-state index in [1.165, 1.54) is 6.20 Å². The topological polar surface area (TPSA) is 101 Å². The molecule has 2 saturated heterocycles. The van der Waals surface area contributed by atoms with Crippen molar-refractivity contribution in [2.45, 2.75) is 43.6 Å². The van der Waals surface area contributed by atoms with Crippen LogP contribution in [0.2, 0.25) is 0 Å². The molecule has 2 fully saturated rings. The number of nitrogens with one attached hydrogen (secondary N) is 1. The van der Waals surface area contributed by atoms with Crippen LogP contribution in [0.15, 0.2) is 79.1 Å². The van der Waals surface area contributed by atoms with Crippen LogP contribution in [0.25, 0.3) is 11.1 Å². The second-order valence-electron chi connectivity index (χ2n) is 9.53. The monoisotopic (exact) mass is 501 g/mol. The number of anilines is 1. The summed E-state index contributed by atoms with van der Waals surface area (Å²) < 4.78 is 11.9. The molecule has 0 radical (unpaired) electrons. The van der Waals surface area contributed by atoms with Crippen LogP contribution in [0.5, 0.6) is 0 Å². The number of hydrogen-bond acceptors (Lipinski definition) is 6. The van der Waals surface area contributed by atoms with E-state index in [0.717, 1.165) is 16.8 Å². The maximum absolute atomic E-state index is 13.3. The molecular weight excluding hydrogens is 470 g/mol. The van der Waals surface area contributed by atoms with Crippen LogP contribution < -0.4 is 5.32 Å². The molecule has 2 amide bonds. The summed E-state index contributed by atoms with van der Waals surface area (Å²) in [4.78, 5) is 31.8. The molecule has 4 atom stereocenters. The van der Waals surface area contributed by atoms with E-state index in [1.54, 1.807) is 23.2 Å². The number of pyridine rings is 1. The average Bonchev–Trinajstić information content (AvgIpc) is 2.92. The first kappa shape index (κ1) is 25.1. The molecular formula is C29H31N3O5. The van der Waals surface area contributed by atoms with Gasteiger partial charge in [-0.25, -0.2) is 0 Å². The summed E-state index contributed by atoms with van der Waals surface area (Å²) in [5, 5.41) is 13.3. The molecule has 5 rings (SSSR count). The van der Waals surface area contributed by atoms with E-state index in [0.29, 0.717) is 18.4 Å². The highest BCUT2D eigenvalue weighted by Crippen LogP contribution is 2.29. The number of carbonyl (C=O) groups is 2. The molecule has 8 heteroatoms. The maximum atomic E-state index is 13.3. The van der Waals surface area contributed by atoms with Gasteiger partial charge >= 0.3 is 0 Å². The van der Waals surface area contributed by atoms with Gasteiger partial charge in [0.15, 0.2) is 0 Å². The minimum atomic E-state index is -0.779. The summed E-state index contributed by atoms with van der Waals surface area (Å²) >= 11 is 0. The predicted molar refractivity (Wildman–Crippen MR) is 139 cm³/mol. The van der Waals surface area contributed by atoms with Gasteiger partial charge in [0.2, 0.25) is 5.91 Å². The van der Waals surface area contributed by atoms with Gasteiger partial charge < -0.3 is 24.8 Å². The van der Waals surface area contributed by atoms with E-state index >= 15 is 0 Å². The van der Waals surface area contributed by atoms with Gasteiger partial charge in [0.25, 0.3) is 5.91 Å². The normalized spacial score (nSPS) is 23.9. The largest absolute Gasteiger partial charge is 0.389 e. The SMILES string of the molecule is O=C(C[C@H]1CC[C@@H]2[C@H](COC[C@H](O)CN2C(=O)c2cccnc2)O1)Nc1ccc(-c2ccccc2)cc1. The first-order chi connectivity index (χ1) is 18.1. The number of β-amino-alcohol motifs (C(OH)–C–C–N with tert-alkyl or cyclic N) is 1. The van der Waals surface area contributed by atoms with Gasteiger partial charge in [0.05, 0.1) is 43.4 Å². The minimum absolute atomic E-state index is 0.119. The summed E-state index contributed by atoms with van der Waals surface area (Å²) in [5.74, 6) is -0.316. The number of rotatable bonds is 5. The minimum Gasteiger partial charge on any atom is -0.389 e. The van der Waals surface area contributed by atoms with E-state index in [2.05, 4.69) is 10.3 Å². The van der Waals surface area contributed by atoms with Crippen molar-refractivity contribution >= 4 is 17.5 Å². The molecule has 0 spiro atoms. The fourth-order valence-corrected chi connectivity index (χ4v) is 5.02. The molecule has 3 aromatic rings. The number of benzene rings is 2. The summed E-state index contributed by atoms with van der Waals surface area (Å²) in [7, 11) is 0. The van der Waals surface area contributed by atoms with Crippen LogP contribution in [0, 0.1) is 0 Å². The Labute approximate surface area is 216 Å². The Kier molecular flexibility index (Phi) is 7.89. The van der Waals surface area contributed by atoms with E-state index in [1.807, 2.05) is 54.6 Å². The fourth-order valence-electron chi connectivity index (χ4n) is 5.02. The van der Waals surface area contributed by atoms with Gasteiger partial charge in [-0.15, -0.1) is 0 Å². The third-order valence-electron chi connectivity index (χ3n) is 6.84. The first-order valence-corrected chi connectivity index (χ1v) is 12.6. The molecule has 0 aliphatic carbocycles. The van der Waals surface area contributed by atoms with Gasteiger partial charge in [-0.05, 0) is 48.2 Å². The Bertz CT molecular complexity index is 1190. The molecule has 0 unspecified atom stereocenters. The van der Waals surface area contributed by atoms with Crippen LogP contribution in [0.4, 0.5) is 5.69 Å². The number of fused-ring (bicyclic) bond motifs is 1. The van der Waals surface area contributed by atoms with Crippen LogP contribution in [-0.2, 0) is 14.3 Å². The van der Waals surface area contributed by atoms with Crippen molar-refractivity contribution in [1.82, 2.24) is 9.88 Å². The van der Waals surface area contributed by atoms with Crippen molar-refractivity contribution in [3.8, 4) is 11.1 Å². The van der Waals surface area contributed by atoms with Gasteiger partial charge in [-0.2, -0.15) is 0 Å². The highest BCUT2D eigenvalue weighted by Gasteiger charge is 2.40. The second kappa shape index (κ2) is 11.6. The fraction of sp³-hybridized carbons (Fsp3) is 0.345. The smallest absolute Gasteiger partial charge is 0.255 e. The number of hydrogen-bond donors (Lipinski definition) is 2. The lowest BCUT2D eigenvalue weighted by Gasteiger charge is -2.44. The van der Waals surface area contributed by atoms with Gasteiger partial charge in [0, 0.05) is 24.6 Å². The average molecular weight is 502 g/mol. The van der Waals surface area contributed by atoms with Crippen molar-refractivity contribution in [1.29, 1.82) is 0 Å². The van der Waals surface area contributed by atoms with Gasteiger partial charge in [-0.3, -0.25) is 14.6 Å². The first-order valence-electron chi connectivity index (χ1n) is 12.6. The Hall–Kier alpha value is -3.59. The van der Waals surface area contributed by atoms with Gasteiger partial charge in [0.1, 0.15) is 6.10 Å². The van der Waals surface area contributed by atoms with E-state index in [9.17, 15) is 14.7 Å². The number of carbonyl (C=O) groups excluding carboxylic acids is 2. The molecule has 192 valence electrons. The number of aromatic nitrogens is 1. The third-order valence-corrected chi connectivity index (χ3v) is 6.84. The number of aliphatic hydroxyl groups excluding tert-OH is 1. The Morgan fingerprint density at radius 2 is 1.76 bits per heavy atom. The lowest BCUT2D eigenvalue weighted by atomic mass is 9.94. The molecule has 0 bridgehead atoms. The highest BCUT2D eigenvalue weighted by atomic mass is 16.5. The van der Waals surface area contributed by atoms with Gasteiger partial charge in [-0.1, -0.05) is 42.5 Å². The van der Waals surface area contributed by atoms with Crippen LogP contribution in [0.3, 0.4) is 0 Å². The Morgan fingerprint density at radius 1 is 0.973 bits per heavy atom. The van der Waals surface area contributed by atoms with Crippen LogP contribution in [-0.4, -0.2) is 70.9 Å². The molecule has 2 aliphatic heterocycles. The van der Waals surface area contributed by atoms with Crippen molar-refractivity contribution in [2.75, 3.05) is 25.1 Å². The Morgan fingerprint density at radius 3 is 2.51 bits per heavy atom. The molecule has 37 heavy (non-hydrogen) atoms. The van der Waals surface area contributed by atoms with Crippen LogP contribution >= 0.6 is 0 Å². The zero-order valence-electron chi connectivity index (χ0n) is 20.5. The second-order valence-corrected chi connectivity index (χ2v) is 9.53. The molecule has 8 nitrogen and oxygen atoms in total. The number of aliphatic hydroxyl groups is 1. The molecule has 0 saturated carbocycles. The molecule has 1 aromatic heterocycles. The number of ether oxygens (including phenoxy) is 2. The van der Waals surface area contributed by atoms with Crippen molar-refractivity contribution < 1.29 is 24.2 Å². The summed E-state index contributed by atoms with van der Waals surface area (Å²) in [6.07, 6.45) is 3.18. The molecule has 2 N–H and O–H groups in total. The van der Waals surface area contributed by atoms with Crippen molar-refractivity contribution in [3.05, 3.63) is 84.7 Å². The van der Waals surface area contributed by atoms with Crippen molar-refractivity contribution in [3.63, 3.8) is 0 Å². The zero-order chi connectivity index (χ0) is 25.6. The van der Waals surface area contributed by atoms with E-state index in [-0.39, 0.29) is 56.2 Å². The maximum Gasteiger partial charge on any atom is 0.255 e. The van der Waals surface area contributed by atoms with Crippen molar-refractivity contribution in [2.24, 2.45) is 0 Å². The van der Waals surface area contributed by atoms with E-state index < -0.39 is 6.10 Å². The molecule has 3 heterocycles. The molecule has 2 aliphatic rings. The molecule has 2 aromatic carbocycles.